The third-order valence-electron chi connectivity index (χ3n) is 2.25. The molecule has 2 rings (SSSR count). The number of ether oxygens (including phenoxy) is 1. The fraction of sp³-hybridized carbons (Fsp3) is 0.222. The summed E-state index contributed by atoms with van der Waals surface area (Å²) in [7, 11) is 2.74. The van der Waals surface area contributed by atoms with Crippen LogP contribution in [0.4, 0.5) is 11.6 Å². The summed E-state index contributed by atoms with van der Waals surface area (Å²) in [6.07, 6.45) is 2.16. The number of carbonyl (C=O) groups excluding carboxylic acids is 1. The maximum Gasteiger partial charge on any atom is 0.377 e. The second kappa shape index (κ2) is 5.26. The number of nitrogens with zero attached hydrogens (tertiary/aromatic N) is 6. The zero-order valence-corrected chi connectivity index (χ0v) is 10.5. The molecule has 0 atom stereocenters. The summed E-state index contributed by atoms with van der Waals surface area (Å²) in [6, 6.07) is 0. The molecule has 0 radical (unpaired) electrons. The molecule has 0 aliphatic carbocycles. The molecule has 2 aromatic rings. The van der Waals surface area contributed by atoms with Gasteiger partial charge in [-0.15, -0.1) is 5.10 Å². The summed E-state index contributed by atoms with van der Waals surface area (Å²) < 4.78 is 5.46. The van der Waals surface area contributed by atoms with Crippen molar-refractivity contribution in [3.8, 4) is 5.82 Å². The van der Waals surface area contributed by atoms with Crippen LogP contribution in [-0.4, -0.2) is 49.8 Å². The van der Waals surface area contributed by atoms with Crippen molar-refractivity contribution in [3.05, 3.63) is 28.5 Å². The van der Waals surface area contributed by atoms with Crippen LogP contribution in [0.5, 0.6) is 0 Å². The first kappa shape index (κ1) is 13.3. The Morgan fingerprint density at radius 2 is 2.25 bits per heavy atom. The lowest BCUT2D eigenvalue weighted by Gasteiger charge is -2.03. The van der Waals surface area contributed by atoms with Crippen molar-refractivity contribution < 1.29 is 14.5 Å². The summed E-state index contributed by atoms with van der Waals surface area (Å²) in [6.45, 7) is 0. The van der Waals surface area contributed by atoms with Gasteiger partial charge in [0.2, 0.25) is 11.8 Å². The van der Waals surface area contributed by atoms with Crippen LogP contribution in [0.1, 0.15) is 10.6 Å². The Kier molecular flexibility index (Phi) is 3.50. The molecule has 0 saturated carbocycles. The van der Waals surface area contributed by atoms with E-state index in [1.165, 1.54) is 7.11 Å². The fourth-order valence-electron chi connectivity index (χ4n) is 1.33. The second-order valence-electron chi connectivity index (χ2n) is 3.41. The minimum Gasteiger partial charge on any atom is -0.463 e. The first-order valence-corrected chi connectivity index (χ1v) is 5.26. The van der Waals surface area contributed by atoms with Crippen LogP contribution in [0.25, 0.3) is 5.82 Å². The SMILES string of the molecule is CNc1ncc([N+](=O)[O-])c(-n2cnc(C(=O)OC)n2)n1. The predicted molar refractivity (Wildman–Crippen MR) is 64.5 cm³/mol. The van der Waals surface area contributed by atoms with Crippen molar-refractivity contribution in [1.82, 2.24) is 24.7 Å². The van der Waals surface area contributed by atoms with Crippen LogP contribution in [0, 0.1) is 10.1 Å². The molecule has 104 valence electrons. The first-order valence-electron chi connectivity index (χ1n) is 5.26. The smallest absolute Gasteiger partial charge is 0.377 e. The maximum atomic E-state index is 11.3. The lowest BCUT2D eigenvalue weighted by atomic mass is 10.5. The molecule has 11 nitrogen and oxygen atoms in total. The zero-order chi connectivity index (χ0) is 14.7. The molecule has 0 saturated heterocycles. The molecular formula is C9H9N7O4. The summed E-state index contributed by atoms with van der Waals surface area (Å²) in [4.78, 5) is 32.9. The van der Waals surface area contributed by atoms with Gasteiger partial charge in [-0.3, -0.25) is 10.1 Å². The number of methoxy groups -OCH3 is 1. The Labute approximate surface area is 111 Å². The number of anilines is 1. The van der Waals surface area contributed by atoms with E-state index in [2.05, 4.69) is 30.1 Å². The van der Waals surface area contributed by atoms with Gasteiger partial charge in [-0.2, -0.15) is 9.67 Å². The van der Waals surface area contributed by atoms with Crippen LogP contribution in [0.15, 0.2) is 12.5 Å². The van der Waals surface area contributed by atoms with Gasteiger partial charge in [0.1, 0.15) is 12.5 Å². The lowest BCUT2D eigenvalue weighted by Crippen LogP contribution is -2.09. The molecule has 0 aliphatic heterocycles. The van der Waals surface area contributed by atoms with Crippen molar-refractivity contribution in [3.63, 3.8) is 0 Å². The van der Waals surface area contributed by atoms with Gasteiger partial charge in [-0.1, -0.05) is 0 Å². The van der Waals surface area contributed by atoms with Crippen molar-refractivity contribution >= 4 is 17.6 Å². The highest BCUT2D eigenvalue weighted by molar-refractivity contribution is 5.84. The molecule has 20 heavy (non-hydrogen) atoms. The number of aromatic nitrogens is 5. The number of nitrogens with one attached hydrogen (secondary N) is 1. The number of hydrogen-bond acceptors (Lipinski definition) is 9. The number of hydrogen-bond donors (Lipinski definition) is 1. The van der Waals surface area contributed by atoms with E-state index in [1.807, 2.05) is 0 Å². The molecule has 0 amide bonds. The van der Waals surface area contributed by atoms with Gasteiger partial charge in [-0.25, -0.2) is 14.8 Å². The number of esters is 1. The summed E-state index contributed by atoms with van der Waals surface area (Å²) in [5.74, 6) is -0.932. The molecule has 11 heteroatoms. The fourth-order valence-corrected chi connectivity index (χ4v) is 1.33. The van der Waals surface area contributed by atoms with E-state index >= 15 is 0 Å². The Bertz CT molecular complexity index is 668. The van der Waals surface area contributed by atoms with Crippen LogP contribution in [0.2, 0.25) is 0 Å². The zero-order valence-electron chi connectivity index (χ0n) is 10.5. The van der Waals surface area contributed by atoms with E-state index in [-0.39, 0.29) is 23.3 Å². The van der Waals surface area contributed by atoms with E-state index in [9.17, 15) is 14.9 Å². The molecule has 0 aromatic carbocycles. The largest absolute Gasteiger partial charge is 0.463 e. The molecule has 2 heterocycles. The molecule has 0 aliphatic rings. The van der Waals surface area contributed by atoms with Gasteiger partial charge >= 0.3 is 11.7 Å². The standard InChI is InChI=1S/C9H9N7O4/c1-10-9-11-3-5(16(18)19)7(13-9)15-4-12-6(14-15)8(17)20-2/h3-4H,1-2H3,(H,10,11,13). The van der Waals surface area contributed by atoms with Gasteiger partial charge in [0, 0.05) is 7.05 Å². The van der Waals surface area contributed by atoms with E-state index in [4.69, 9.17) is 0 Å². The predicted octanol–water partition coefficient (Wildman–Crippen LogP) is -0.206. The van der Waals surface area contributed by atoms with E-state index < -0.39 is 10.9 Å². The van der Waals surface area contributed by atoms with Crippen LogP contribution in [-0.2, 0) is 4.74 Å². The highest BCUT2D eigenvalue weighted by atomic mass is 16.6. The quantitative estimate of drug-likeness (QED) is 0.457. The Morgan fingerprint density at radius 1 is 1.50 bits per heavy atom. The lowest BCUT2D eigenvalue weighted by molar-refractivity contribution is -0.385. The van der Waals surface area contributed by atoms with Crippen LogP contribution >= 0.6 is 0 Å². The molecular weight excluding hydrogens is 270 g/mol. The average Bonchev–Trinajstić information content (AvgIpc) is 2.95. The van der Waals surface area contributed by atoms with Crippen molar-refractivity contribution in [1.29, 1.82) is 0 Å². The average molecular weight is 279 g/mol. The summed E-state index contributed by atoms with van der Waals surface area (Å²) in [5, 5.41) is 17.4. The Morgan fingerprint density at radius 3 is 2.85 bits per heavy atom. The Balaban J connectivity index is 2.52. The van der Waals surface area contributed by atoms with Crippen molar-refractivity contribution in [2.75, 3.05) is 19.5 Å². The van der Waals surface area contributed by atoms with E-state index in [0.29, 0.717) is 0 Å². The van der Waals surface area contributed by atoms with Crippen LogP contribution < -0.4 is 5.32 Å². The van der Waals surface area contributed by atoms with Gasteiger partial charge in [-0.05, 0) is 0 Å². The minimum atomic E-state index is -0.755. The van der Waals surface area contributed by atoms with E-state index in [1.54, 1.807) is 7.05 Å². The second-order valence-corrected chi connectivity index (χ2v) is 3.41. The van der Waals surface area contributed by atoms with Crippen molar-refractivity contribution in [2.24, 2.45) is 0 Å². The Hall–Kier alpha value is -3.11. The topological polar surface area (TPSA) is 138 Å². The summed E-state index contributed by atoms with van der Waals surface area (Å²) in [5.41, 5.74) is -0.370. The monoisotopic (exact) mass is 279 g/mol. The van der Waals surface area contributed by atoms with Crippen LogP contribution in [0.3, 0.4) is 0 Å². The normalized spacial score (nSPS) is 10.1. The molecule has 0 spiro atoms. The molecule has 2 aromatic heterocycles. The highest BCUT2D eigenvalue weighted by Crippen LogP contribution is 2.19. The van der Waals surface area contributed by atoms with Gasteiger partial charge in [0.05, 0.1) is 12.0 Å². The number of nitro groups is 1. The van der Waals surface area contributed by atoms with Crippen molar-refractivity contribution in [2.45, 2.75) is 0 Å². The molecule has 0 unspecified atom stereocenters. The van der Waals surface area contributed by atoms with Gasteiger partial charge in [0.25, 0.3) is 5.82 Å². The van der Waals surface area contributed by atoms with Gasteiger partial charge in [0.15, 0.2) is 0 Å². The third kappa shape index (κ3) is 2.36. The molecule has 0 fully saturated rings. The number of rotatable bonds is 4. The summed E-state index contributed by atoms with van der Waals surface area (Å²) >= 11 is 0. The molecule has 1 N–H and O–H groups in total. The third-order valence-corrected chi connectivity index (χ3v) is 2.25. The minimum absolute atomic E-state index is 0.114. The van der Waals surface area contributed by atoms with E-state index in [0.717, 1.165) is 17.2 Å². The molecule has 0 bridgehead atoms. The first-order chi connectivity index (χ1) is 9.56. The van der Waals surface area contributed by atoms with Gasteiger partial charge < -0.3 is 10.1 Å². The highest BCUT2D eigenvalue weighted by Gasteiger charge is 2.21. The number of carbonyl (C=O) groups is 1. The maximum absolute atomic E-state index is 11.3.